The van der Waals surface area contributed by atoms with Gasteiger partial charge in [0, 0.05) is 13.0 Å². The average Bonchev–Trinajstić information content (AvgIpc) is 3.08. The van der Waals surface area contributed by atoms with Crippen molar-refractivity contribution in [3.63, 3.8) is 0 Å². The molecule has 1 aliphatic heterocycles. The first kappa shape index (κ1) is 18.0. The standard InChI is InChI=1S/C24H22N2O2/c27-24(28)22-23(20-14-8-3-9-15-20)26(17-19-12-6-2-7-13-19)21(25-22)16-18-10-4-1-5-11-18/h1-15,22-23H,16-17H2,(H,27,28)/t22-,23+/m1/s1. The highest BCUT2D eigenvalue weighted by molar-refractivity contribution is 5.91. The monoisotopic (exact) mass is 370 g/mol. The van der Waals surface area contributed by atoms with Crippen molar-refractivity contribution < 1.29 is 9.90 Å². The molecule has 0 spiro atoms. The van der Waals surface area contributed by atoms with Gasteiger partial charge >= 0.3 is 5.97 Å². The second-order valence-corrected chi connectivity index (χ2v) is 6.96. The summed E-state index contributed by atoms with van der Waals surface area (Å²) < 4.78 is 0. The Morgan fingerprint density at radius 3 is 1.93 bits per heavy atom. The summed E-state index contributed by atoms with van der Waals surface area (Å²) in [5.74, 6) is -0.0775. The topological polar surface area (TPSA) is 52.9 Å². The predicted molar refractivity (Wildman–Crippen MR) is 110 cm³/mol. The zero-order chi connectivity index (χ0) is 19.3. The van der Waals surface area contributed by atoms with E-state index in [2.05, 4.69) is 34.2 Å². The Morgan fingerprint density at radius 1 is 0.821 bits per heavy atom. The summed E-state index contributed by atoms with van der Waals surface area (Å²) in [6, 6.07) is 28.9. The molecule has 1 aliphatic rings. The second-order valence-electron chi connectivity index (χ2n) is 6.96. The molecule has 0 amide bonds. The maximum Gasteiger partial charge on any atom is 0.331 e. The number of rotatable bonds is 6. The van der Waals surface area contributed by atoms with Crippen LogP contribution in [0.15, 0.2) is 96.0 Å². The molecule has 4 rings (SSSR count). The van der Waals surface area contributed by atoms with E-state index in [0.717, 1.165) is 22.5 Å². The molecular weight excluding hydrogens is 348 g/mol. The molecule has 3 aromatic carbocycles. The third-order valence-corrected chi connectivity index (χ3v) is 5.05. The summed E-state index contributed by atoms with van der Waals surface area (Å²) in [4.78, 5) is 18.9. The van der Waals surface area contributed by atoms with Crippen LogP contribution in [0.1, 0.15) is 22.7 Å². The fourth-order valence-corrected chi connectivity index (χ4v) is 3.73. The van der Waals surface area contributed by atoms with Crippen LogP contribution in [-0.2, 0) is 17.8 Å². The van der Waals surface area contributed by atoms with E-state index in [1.54, 1.807) is 0 Å². The largest absolute Gasteiger partial charge is 0.480 e. The second kappa shape index (κ2) is 8.09. The van der Waals surface area contributed by atoms with Gasteiger partial charge in [0.2, 0.25) is 0 Å². The van der Waals surface area contributed by atoms with Crippen molar-refractivity contribution in [1.82, 2.24) is 4.90 Å². The molecule has 28 heavy (non-hydrogen) atoms. The Kier molecular flexibility index (Phi) is 5.20. The van der Waals surface area contributed by atoms with E-state index in [1.807, 2.05) is 66.7 Å². The molecule has 0 aromatic heterocycles. The number of nitrogens with zero attached hydrogens (tertiary/aromatic N) is 2. The van der Waals surface area contributed by atoms with Crippen molar-refractivity contribution in [2.24, 2.45) is 4.99 Å². The molecule has 1 N–H and O–H groups in total. The maximum absolute atomic E-state index is 12.0. The molecule has 0 saturated heterocycles. The highest BCUT2D eigenvalue weighted by Gasteiger charge is 2.41. The molecular formula is C24H22N2O2. The number of amidine groups is 1. The van der Waals surface area contributed by atoms with E-state index in [-0.39, 0.29) is 6.04 Å². The normalized spacial score (nSPS) is 18.7. The van der Waals surface area contributed by atoms with Crippen molar-refractivity contribution in [3.8, 4) is 0 Å². The molecule has 0 radical (unpaired) electrons. The fourth-order valence-electron chi connectivity index (χ4n) is 3.73. The summed E-state index contributed by atoms with van der Waals surface area (Å²) in [5.41, 5.74) is 3.23. The number of hydrogen-bond donors (Lipinski definition) is 1. The molecule has 0 saturated carbocycles. The zero-order valence-electron chi connectivity index (χ0n) is 15.5. The number of carboxylic acid groups (broad SMARTS) is 1. The molecule has 0 fully saturated rings. The van der Waals surface area contributed by atoms with Crippen LogP contribution in [0.5, 0.6) is 0 Å². The molecule has 0 aliphatic carbocycles. The summed E-state index contributed by atoms with van der Waals surface area (Å²) in [7, 11) is 0. The molecule has 0 unspecified atom stereocenters. The minimum Gasteiger partial charge on any atom is -0.480 e. The SMILES string of the molecule is O=C(O)[C@@H]1N=C(Cc2ccccc2)N(Cc2ccccc2)[C@H]1c1ccccc1. The van der Waals surface area contributed by atoms with E-state index in [1.165, 1.54) is 0 Å². The Hall–Kier alpha value is -3.40. The number of carboxylic acids is 1. The molecule has 0 bridgehead atoms. The van der Waals surface area contributed by atoms with Crippen LogP contribution in [0.4, 0.5) is 0 Å². The van der Waals surface area contributed by atoms with Gasteiger partial charge in [-0.3, -0.25) is 4.99 Å². The zero-order valence-corrected chi connectivity index (χ0v) is 15.5. The van der Waals surface area contributed by atoms with E-state index in [4.69, 9.17) is 0 Å². The lowest BCUT2D eigenvalue weighted by atomic mass is 9.98. The summed E-state index contributed by atoms with van der Waals surface area (Å²) >= 11 is 0. The predicted octanol–water partition coefficient (Wildman–Crippen LogP) is 4.34. The molecule has 3 aromatic rings. The van der Waals surface area contributed by atoms with Gasteiger partial charge in [-0.15, -0.1) is 0 Å². The van der Waals surface area contributed by atoms with Gasteiger partial charge in [-0.2, -0.15) is 0 Å². The van der Waals surface area contributed by atoms with Crippen molar-refractivity contribution >= 4 is 11.8 Å². The van der Waals surface area contributed by atoms with Crippen LogP contribution in [0, 0.1) is 0 Å². The number of carbonyl (C=O) groups is 1. The maximum atomic E-state index is 12.0. The number of hydrogen-bond acceptors (Lipinski definition) is 3. The van der Waals surface area contributed by atoms with Crippen molar-refractivity contribution in [2.45, 2.75) is 25.0 Å². The summed E-state index contributed by atoms with van der Waals surface area (Å²) in [6.07, 6.45) is 0.612. The van der Waals surface area contributed by atoms with Gasteiger partial charge in [0.15, 0.2) is 6.04 Å². The van der Waals surface area contributed by atoms with Gasteiger partial charge in [-0.05, 0) is 16.7 Å². The highest BCUT2D eigenvalue weighted by Crippen LogP contribution is 2.34. The Balaban J connectivity index is 1.73. The van der Waals surface area contributed by atoms with E-state index in [9.17, 15) is 9.90 Å². The minimum absolute atomic E-state index is 0.322. The summed E-state index contributed by atoms with van der Waals surface area (Å²) in [6.45, 7) is 0.621. The van der Waals surface area contributed by atoms with Crippen LogP contribution in [0.25, 0.3) is 0 Å². The minimum atomic E-state index is -0.894. The van der Waals surface area contributed by atoms with Gasteiger partial charge < -0.3 is 10.0 Å². The highest BCUT2D eigenvalue weighted by atomic mass is 16.4. The van der Waals surface area contributed by atoms with Crippen molar-refractivity contribution in [2.75, 3.05) is 0 Å². The van der Waals surface area contributed by atoms with Gasteiger partial charge in [0.1, 0.15) is 5.84 Å². The first-order valence-electron chi connectivity index (χ1n) is 9.41. The first-order valence-corrected chi connectivity index (χ1v) is 9.41. The first-order chi connectivity index (χ1) is 13.7. The molecule has 1 heterocycles. The lowest BCUT2D eigenvalue weighted by Crippen LogP contribution is -2.36. The average molecular weight is 370 g/mol. The van der Waals surface area contributed by atoms with E-state index < -0.39 is 12.0 Å². The van der Waals surface area contributed by atoms with Crippen LogP contribution in [-0.4, -0.2) is 27.9 Å². The molecule has 4 nitrogen and oxygen atoms in total. The number of aliphatic imine (C=N–C) groups is 1. The van der Waals surface area contributed by atoms with Gasteiger partial charge in [0.25, 0.3) is 0 Å². The third-order valence-electron chi connectivity index (χ3n) is 5.05. The molecule has 2 atom stereocenters. The Morgan fingerprint density at radius 2 is 1.36 bits per heavy atom. The third kappa shape index (κ3) is 3.81. The van der Waals surface area contributed by atoms with Gasteiger partial charge in [-0.25, -0.2) is 4.79 Å². The van der Waals surface area contributed by atoms with Crippen LogP contribution in [0.2, 0.25) is 0 Å². The van der Waals surface area contributed by atoms with Crippen molar-refractivity contribution in [3.05, 3.63) is 108 Å². The van der Waals surface area contributed by atoms with E-state index >= 15 is 0 Å². The van der Waals surface area contributed by atoms with Crippen LogP contribution in [0.3, 0.4) is 0 Å². The Labute approximate surface area is 164 Å². The quantitative estimate of drug-likeness (QED) is 0.702. The van der Waals surface area contributed by atoms with Crippen LogP contribution >= 0.6 is 0 Å². The summed E-state index contributed by atoms with van der Waals surface area (Å²) in [5, 5.41) is 9.88. The molecule has 4 heteroatoms. The smallest absolute Gasteiger partial charge is 0.331 e. The molecule has 140 valence electrons. The van der Waals surface area contributed by atoms with Crippen LogP contribution < -0.4 is 0 Å². The fraction of sp³-hybridized carbons (Fsp3) is 0.167. The number of aliphatic carboxylic acids is 1. The Bertz CT molecular complexity index is 956. The van der Waals surface area contributed by atoms with E-state index in [0.29, 0.717) is 13.0 Å². The lowest BCUT2D eigenvalue weighted by Gasteiger charge is -2.30. The van der Waals surface area contributed by atoms with Crippen molar-refractivity contribution in [1.29, 1.82) is 0 Å². The van der Waals surface area contributed by atoms with Gasteiger partial charge in [-0.1, -0.05) is 91.0 Å². The lowest BCUT2D eigenvalue weighted by molar-refractivity contribution is -0.139. The van der Waals surface area contributed by atoms with Gasteiger partial charge in [0.05, 0.1) is 6.04 Å². The number of benzene rings is 3.